The Morgan fingerprint density at radius 1 is 1.18 bits per heavy atom. The van der Waals surface area contributed by atoms with Crippen molar-refractivity contribution in [1.82, 2.24) is 9.80 Å². The minimum absolute atomic E-state index is 0.0449. The SMILES string of the molecule is C=CCN(C)Cc1cc(N(C)C)c2c(c1O)C(O)=C1C(=O)C3(O)C(O)=C(C(N)=O)C(=O)C(N(C)C)C3CC1C2. The van der Waals surface area contributed by atoms with E-state index in [0.29, 0.717) is 24.2 Å². The average Bonchev–Trinajstić information content (AvgIpc) is 2.82. The number of amides is 1. The van der Waals surface area contributed by atoms with Crippen LogP contribution in [-0.4, -0.2) is 101 Å². The number of fused-ring (bicyclic) bond motifs is 3. The summed E-state index contributed by atoms with van der Waals surface area (Å²) in [5, 5.41) is 45.6. The van der Waals surface area contributed by atoms with Crippen LogP contribution in [-0.2, 0) is 27.3 Å². The summed E-state index contributed by atoms with van der Waals surface area (Å²) in [5.74, 6) is -6.60. The number of phenolic OH excluding ortho intramolecular Hbond substituents is 1. The lowest BCUT2D eigenvalue weighted by molar-refractivity contribution is -0.153. The second-order valence-corrected chi connectivity index (χ2v) is 11.1. The average molecular weight is 541 g/mol. The van der Waals surface area contributed by atoms with Crippen LogP contribution in [0.5, 0.6) is 5.75 Å². The Labute approximate surface area is 227 Å². The Morgan fingerprint density at radius 3 is 2.36 bits per heavy atom. The second-order valence-electron chi connectivity index (χ2n) is 11.1. The molecule has 4 rings (SSSR count). The summed E-state index contributed by atoms with van der Waals surface area (Å²) in [5.41, 5.74) is 3.68. The van der Waals surface area contributed by atoms with Crippen LogP contribution in [0, 0.1) is 11.8 Å². The fourth-order valence-corrected chi connectivity index (χ4v) is 6.44. The number of anilines is 1. The molecule has 4 unspecified atom stereocenters. The van der Waals surface area contributed by atoms with Gasteiger partial charge in [0, 0.05) is 49.9 Å². The molecule has 0 radical (unpaired) electrons. The van der Waals surface area contributed by atoms with E-state index in [9.17, 15) is 34.8 Å². The highest BCUT2D eigenvalue weighted by molar-refractivity contribution is 6.24. The highest BCUT2D eigenvalue weighted by Gasteiger charge is 2.64. The number of carbonyl (C=O) groups excluding carboxylic acids is 3. The van der Waals surface area contributed by atoms with Gasteiger partial charge in [-0.25, -0.2) is 0 Å². The number of rotatable bonds is 7. The van der Waals surface area contributed by atoms with Crippen LogP contribution < -0.4 is 10.6 Å². The number of ketones is 2. The van der Waals surface area contributed by atoms with Gasteiger partial charge in [-0.05, 0) is 51.5 Å². The molecule has 210 valence electrons. The van der Waals surface area contributed by atoms with E-state index >= 15 is 0 Å². The van der Waals surface area contributed by atoms with Gasteiger partial charge in [0.15, 0.2) is 11.4 Å². The van der Waals surface area contributed by atoms with Crippen molar-refractivity contribution >= 4 is 28.9 Å². The lowest BCUT2D eigenvalue weighted by Gasteiger charge is -2.50. The first-order chi connectivity index (χ1) is 18.2. The largest absolute Gasteiger partial charge is 0.508 e. The lowest BCUT2D eigenvalue weighted by atomic mass is 9.57. The molecular weight excluding hydrogens is 504 g/mol. The second kappa shape index (κ2) is 9.82. The van der Waals surface area contributed by atoms with Gasteiger partial charge in [-0.2, -0.15) is 0 Å². The summed E-state index contributed by atoms with van der Waals surface area (Å²) in [6.45, 7) is 4.61. The van der Waals surface area contributed by atoms with Crippen molar-refractivity contribution in [2.24, 2.45) is 17.6 Å². The van der Waals surface area contributed by atoms with E-state index in [4.69, 9.17) is 5.73 Å². The summed E-state index contributed by atoms with van der Waals surface area (Å²) in [6, 6.07) is 0.722. The molecule has 4 atom stereocenters. The molecule has 1 aromatic carbocycles. The van der Waals surface area contributed by atoms with E-state index in [0.717, 1.165) is 5.69 Å². The summed E-state index contributed by atoms with van der Waals surface area (Å²) in [7, 11) is 8.66. The van der Waals surface area contributed by atoms with Gasteiger partial charge in [-0.3, -0.25) is 24.2 Å². The van der Waals surface area contributed by atoms with Crippen molar-refractivity contribution in [2.75, 3.05) is 46.7 Å². The molecule has 39 heavy (non-hydrogen) atoms. The van der Waals surface area contributed by atoms with Crippen LogP contribution in [0.1, 0.15) is 23.1 Å². The molecule has 1 saturated carbocycles. The van der Waals surface area contributed by atoms with Crippen molar-refractivity contribution in [2.45, 2.75) is 31.0 Å². The summed E-state index contributed by atoms with van der Waals surface area (Å²) >= 11 is 0. The van der Waals surface area contributed by atoms with Crippen LogP contribution in [0.25, 0.3) is 5.76 Å². The van der Waals surface area contributed by atoms with E-state index in [2.05, 4.69) is 6.58 Å². The molecule has 0 saturated heterocycles. The minimum Gasteiger partial charge on any atom is -0.508 e. The number of nitrogens with zero attached hydrogens (tertiary/aromatic N) is 3. The van der Waals surface area contributed by atoms with Gasteiger partial charge in [-0.1, -0.05) is 6.08 Å². The number of hydrogen-bond acceptors (Lipinski definition) is 10. The summed E-state index contributed by atoms with van der Waals surface area (Å²) in [6.07, 6.45) is 2.00. The van der Waals surface area contributed by atoms with Crippen molar-refractivity contribution in [3.8, 4) is 5.75 Å². The Morgan fingerprint density at radius 2 is 1.82 bits per heavy atom. The van der Waals surface area contributed by atoms with Crippen LogP contribution in [0.2, 0.25) is 0 Å². The van der Waals surface area contributed by atoms with Crippen LogP contribution in [0.4, 0.5) is 5.69 Å². The van der Waals surface area contributed by atoms with E-state index in [1.807, 2.05) is 37.0 Å². The number of Topliss-reactive ketones (excluding diaryl/α,β-unsaturated/α-hetero) is 2. The zero-order valence-electron chi connectivity index (χ0n) is 22.9. The molecule has 11 nitrogen and oxygen atoms in total. The topological polar surface area (TPSA) is 168 Å². The number of nitrogens with two attached hydrogens (primary N) is 1. The predicted molar refractivity (Wildman–Crippen MR) is 145 cm³/mol. The van der Waals surface area contributed by atoms with Crippen molar-refractivity contribution in [3.05, 3.63) is 52.3 Å². The first kappa shape index (κ1) is 28.3. The van der Waals surface area contributed by atoms with Crippen LogP contribution >= 0.6 is 0 Å². The van der Waals surface area contributed by atoms with Gasteiger partial charge in [0.05, 0.1) is 11.6 Å². The molecule has 3 aliphatic rings. The zero-order chi connectivity index (χ0) is 29.1. The highest BCUT2D eigenvalue weighted by Crippen LogP contribution is 2.54. The molecule has 0 aliphatic heterocycles. The molecule has 0 bridgehead atoms. The number of hydrogen-bond donors (Lipinski definition) is 5. The maximum Gasteiger partial charge on any atom is 0.255 e. The van der Waals surface area contributed by atoms with E-state index < -0.39 is 58.0 Å². The molecule has 1 fully saturated rings. The third-order valence-electron chi connectivity index (χ3n) is 8.14. The Hall–Kier alpha value is -3.67. The van der Waals surface area contributed by atoms with Crippen molar-refractivity contribution in [3.63, 3.8) is 0 Å². The Kier molecular flexibility index (Phi) is 7.13. The number of primary amides is 1. The number of carbonyl (C=O) groups is 3. The van der Waals surface area contributed by atoms with Gasteiger partial charge in [-0.15, -0.1) is 6.58 Å². The number of phenols is 1. The fourth-order valence-electron chi connectivity index (χ4n) is 6.44. The van der Waals surface area contributed by atoms with Crippen LogP contribution in [0.3, 0.4) is 0 Å². The van der Waals surface area contributed by atoms with Crippen molar-refractivity contribution < 1.29 is 34.8 Å². The van der Waals surface area contributed by atoms with Crippen LogP contribution in [0.15, 0.2) is 35.6 Å². The third-order valence-corrected chi connectivity index (χ3v) is 8.14. The molecule has 0 spiro atoms. The number of aliphatic hydroxyl groups is 3. The number of aliphatic hydroxyl groups excluding tert-OH is 2. The van der Waals surface area contributed by atoms with E-state index in [-0.39, 0.29) is 29.7 Å². The Bertz CT molecular complexity index is 1350. The molecule has 1 aromatic rings. The number of aromatic hydroxyl groups is 1. The molecule has 0 heterocycles. The molecule has 11 heteroatoms. The van der Waals surface area contributed by atoms with Gasteiger partial charge >= 0.3 is 0 Å². The summed E-state index contributed by atoms with van der Waals surface area (Å²) in [4.78, 5) is 44.6. The molecule has 6 N–H and O–H groups in total. The normalized spacial score (nSPS) is 26.5. The van der Waals surface area contributed by atoms with E-state index in [1.165, 1.54) is 4.90 Å². The van der Waals surface area contributed by atoms with Gasteiger partial charge < -0.3 is 31.1 Å². The van der Waals surface area contributed by atoms with Gasteiger partial charge in [0.2, 0.25) is 5.78 Å². The first-order valence-electron chi connectivity index (χ1n) is 12.7. The third kappa shape index (κ3) is 4.12. The quantitative estimate of drug-likeness (QED) is 0.245. The zero-order valence-corrected chi connectivity index (χ0v) is 22.9. The van der Waals surface area contributed by atoms with E-state index in [1.54, 1.807) is 20.2 Å². The van der Waals surface area contributed by atoms with Gasteiger partial charge in [0.25, 0.3) is 5.91 Å². The number of benzene rings is 1. The molecule has 3 aliphatic carbocycles. The highest BCUT2D eigenvalue weighted by atomic mass is 16.3. The maximum absolute atomic E-state index is 14.0. The standard InChI is InChI=1S/C28H36N4O7/c1-7-8-32(6)12-14-11-17(30(2)3)15-9-13-10-16-21(31(4)5)24(35)20(27(29)38)26(37)28(16,39)25(36)18(13)23(34)19(15)22(14)33/h7,11,13,16,21,33-34,37,39H,1,8-10,12H2,2-6H3,(H2,29,38). The molecule has 1 amide bonds. The summed E-state index contributed by atoms with van der Waals surface area (Å²) < 4.78 is 0. The monoisotopic (exact) mass is 540 g/mol. The smallest absolute Gasteiger partial charge is 0.255 e. The number of likely N-dealkylation sites (N-methyl/N-ethyl adjacent to an activating group) is 2. The Balaban J connectivity index is 1.96. The predicted octanol–water partition coefficient (Wildman–Crippen LogP) is 0.648. The maximum atomic E-state index is 14.0. The molecular formula is C28H36N4O7. The van der Waals surface area contributed by atoms with Gasteiger partial charge in [0.1, 0.15) is 22.8 Å². The fraction of sp³-hybridized carbons (Fsp3) is 0.464. The molecule has 0 aromatic heterocycles. The van der Waals surface area contributed by atoms with Crippen molar-refractivity contribution in [1.29, 1.82) is 0 Å². The minimum atomic E-state index is -2.66. The first-order valence-corrected chi connectivity index (χ1v) is 12.7. The lowest BCUT2D eigenvalue weighted by Crippen LogP contribution is -2.65.